The highest BCUT2D eigenvalue weighted by Crippen LogP contribution is 2.23. The molecule has 1 aromatic carbocycles. The summed E-state index contributed by atoms with van der Waals surface area (Å²) >= 11 is 0. The Labute approximate surface area is 164 Å². The monoisotopic (exact) mass is 393 g/mol. The van der Waals surface area contributed by atoms with Crippen LogP contribution >= 0.6 is 0 Å². The number of hydrogen-bond donors (Lipinski definition) is 3. The zero-order valence-electron chi connectivity index (χ0n) is 16.1. The first-order chi connectivity index (χ1) is 13.5. The van der Waals surface area contributed by atoms with Crippen molar-refractivity contribution in [3.8, 4) is 0 Å². The third-order valence-corrected chi connectivity index (χ3v) is 4.56. The summed E-state index contributed by atoms with van der Waals surface area (Å²) in [7, 11) is 0. The van der Waals surface area contributed by atoms with E-state index >= 15 is 0 Å². The Hall–Kier alpha value is -2.65. The van der Waals surface area contributed by atoms with E-state index in [4.69, 9.17) is 19.4 Å². The number of benzene rings is 1. The lowest BCUT2D eigenvalue weighted by Gasteiger charge is -2.33. The van der Waals surface area contributed by atoms with Crippen LogP contribution in [0.25, 0.3) is 0 Å². The van der Waals surface area contributed by atoms with Crippen LogP contribution in [0.2, 0.25) is 0 Å². The molecular formula is C19H27N3O6. The van der Waals surface area contributed by atoms with Crippen molar-refractivity contribution < 1.29 is 29.0 Å². The summed E-state index contributed by atoms with van der Waals surface area (Å²) in [6.45, 7) is 6.37. The average Bonchev–Trinajstić information content (AvgIpc) is 3.03. The molecule has 2 saturated heterocycles. The smallest absolute Gasteiger partial charge is 0.338 e. The fourth-order valence-electron chi connectivity index (χ4n) is 3.44. The highest BCUT2D eigenvalue weighted by molar-refractivity contribution is 5.94. The van der Waals surface area contributed by atoms with Gasteiger partial charge in [-0.1, -0.05) is 6.07 Å². The Morgan fingerprint density at radius 1 is 1.39 bits per heavy atom. The van der Waals surface area contributed by atoms with E-state index in [2.05, 4.69) is 22.5 Å². The molecule has 0 saturated carbocycles. The van der Waals surface area contributed by atoms with E-state index in [1.807, 2.05) is 0 Å². The second kappa shape index (κ2) is 10.6. The van der Waals surface area contributed by atoms with Gasteiger partial charge in [-0.3, -0.25) is 9.69 Å². The van der Waals surface area contributed by atoms with E-state index in [0.717, 1.165) is 26.1 Å². The van der Waals surface area contributed by atoms with Crippen molar-refractivity contribution in [1.82, 2.24) is 10.2 Å². The van der Waals surface area contributed by atoms with Crippen LogP contribution in [0.3, 0.4) is 0 Å². The summed E-state index contributed by atoms with van der Waals surface area (Å²) in [5.41, 5.74) is 0.986. The number of anilines is 1. The standard InChI is InChI=1S/C18H25N3O4.CH2O2/c1-3-24-17(22)13-5-4-6-14(7-13)19-18(23)20-15-8-16-11-25-12(2)9-21(16)10-15;2-1-3/h4-7,12,15-16H,3,8-11H2,1-2H3,(H2,19,20,23);1H,(H,2,3)/t12-,15+,16+;/m1./s1. The zero-order valence-corrected chi connectivity index (χ0v) is 16.1. The van der Waals surface area contributed by atoms with Gasteiger partial charge < -0.3 is 25.2 Å². The number of esters is 1. The summed E-state index contributed by atoms with van der Waals surface area (Å²) in [5, 5.41) is 12.7. The Morgan fingerprint density at radius 2 is 2.14 bits per heavy atom. The third-order valence-electron chi connectivity index (χ3n) is 4.56. The van der Waals surface area contributed by atoms with Gasteiger partial charge in [0.25, 0.3) is 6.47 Å². The first kappa shape index (κ1) is 21.6. The molecule has 0 unspecified atom stereocenters. The summed E-state index contributed by atoms with van der Waals surface area (Å²) in [6, 6.07) is 6.97. The summed E-state index contributed by atoms with van der Waals surface area (Å²) in [5.74, 6) is -0.395. The van der Waals surface area contributed by atoms with Crippen LogP contribution in [0.15, 0.2) is 24.3 Å². The number of carbonyl (C=O) groups excluding carboxylic acids is 2. The Kier molecular flexibility index (Phi) is 8.21. The summed E-state index contributed by atoms with van der Waals surface area (Å²) in [6.07, 6.45) is 1.14. The number of carboxylic acid groups (broad SMARTS) is 1. The topological polar surface area (TPSA) is 117 Å². The fraction of sp³-hybridized carbons (Fsp3) is 0.526. The number of carbonyl (C=O) groups is 3. The number of morpholine rings is 1. The molecule has 9 heteroatoms. The molecule has 9 nitrogen and oxygen atoms in total. The Morgan fingerprint density at radius 3 is 2.86 bits per heavy atom. The molecule has 2 amide bonds. The molecule has 2 fully saturated rings. The van der Waals surface area contributed by atoms with Crippen molar-refractivity contribution in [3.05, 3.63) is 29.8 Å². The van der Waals surface area contributed by atoms with Crippen molar-refractivity contribution in [2.75, 3.05) is 31.6 Å². The van der Waals surface area contributed by atoms with Gasteiger partial charge in [0.15, 0.2) is 0 Å². The molecule has 3 atom stereocenters. The van der Waals surface area contributed by atoms with E-state index < -0.39 is 5.97 Å². The van der Waals surface area contributed by atoms with Gasteiger partial charge in [-0.15, -0.1) is 0 Å². The van der Waals surface area contributed by atoms with Crippen LogP contribution in [0.1, 0.15) is 30.6 Å². The quantitative estimate of drug-likeness (QED) is 0.525. The molecule has 0 radical (unpaired) electrons. The van der Waals surface area contributed by atoms with Crippen molar-refractivity contribution in [3.63, 3.8) is 0 Å². The molecule has 0 aliphatic carbocycles. The van der Waals surface area contributed by atoms with Gasteiger partial charge in [0, 0.05) is 30.9 Å². The maximum atomic E-state index is 12.3. The Bertz CT molecular complexity index is 683. The molecule has 154 valence electrons. The molecule has 28 heavy (non-hydrogen) atoms. The van der Waals surface area contributed by atoms with Crippen molar-refractivity contribution in [2.45, 2.75) is 38.5 Å². The number of ether oxygens (including phenoxy) is 2. The Balaban J connectivity index is 0.000000878. The minimum atomic E-state index is -0.395. The lowest BCUT2D eigenvalue weighted by atomic mass is 10.1. The van der Waals surface area contributed by atoms with Crippen molar-refractivity contribution in [2.24, 2.45) is 0 Å². The molecule has 3 rings (SSSR count). The first-order valence-electron chi connectivity index (χ1n) is 9.25. The molecule has 0 bridgehead atoms. The molecule has 2 aliphatic heterocycles. The van der Waals surface area contributed by atoms with Gasteiger partial charge in [0.2, 0.25) is 0 Å². The zero-order chi connectivity index (χ0) is 20.5. The van der Waals surface area contributed by atoms with Crippen LogP contribution in [0.4, 0.5) is 10.5 Å². The van der Waals surface area contributed by atoms with Crippen LogP contribution in [-0.2, 0) is 14.3 Å². The van der Waals surface area contributed by atoms with Gasteiger partial charge >= 0.3 is 12.0 Å². The number of nitrogens with one attached hydrogen (secondary N) is 2. The van der Waals surface area contributed by atoms with E-state index in [1.165, 1.54) is 0 Å². The molecule has 3 N–H and O–H groups in total. The fourth-order valence-corrected chi connectivity index (χ4v) is 3.44. The van der Waals surface area contributed by atoms with E-state index in [9.17, 15) is 9.59 Å². The normalized spacial score (nSPS) is 23.6. The number of rotatable bonds is 4. The van der Waals surface area contributed by atoms with Crippen molar-refractivity contribution in [1.29, 1.82) is 0 Å². The minimum Gasteiger partial charge on any atom is -0.483 e. The lowest BCUT2D eigenvalue weighted by Crippen LogP contribution is -2.45. The highest BCUT2D eigenvalue weighted by Gasteiger charge is 2.36. The average molecular weight is 393 g/mol. The molecule has 2 aliphatic rings. The maximum absolute atomic E-state index is 12.3. The summed E-state index contributed by atoms with van der Waals surface area (Å²) < 4.78 is 10.7. The second-order valence-electron chi connectivity index (χ2n) is 6.69. The predicted molar refractivity (Wildman–Crippen MR) is 102 cm³/mol. The van der Waals surface area contributed by atoms with Gasteiger partial charge in [0.1, 0.15) is 0 Å². The van der Waals surface area contributed by atoms with Gasteiger partial charge in [-0.05, 0) is 38.5 Å². The molecule has 1 aromatic rings. The highest BCUT2D eigenvalue weighted by atomic mass is 16.5. The number of hydrogen-bond acceptors (Lipinski definition) is 6. The molecule has 2 heterocycles. The number of urea groups is 1. The van der Waals surface area contributed by atoms with Crippen LogP contribution in [0, 0.1) is 0 Å². The van der Waals surface area contributed by atoms with Crippen molar-refractivity contribution >= 4 is 24.2 Å². The lowest BCUT2D eigenvalue weighted by molar-refractivity contribution is -0.122. The SMILES string of the molecule is CCOC(=O)c1cccc(NC(=O)N[C@H]2C[C@H]3CO[C@H](C)CN3C2)c1.O=CO. The third kappa shape index (κ3) is 6.21. The maximum Gasteiger partial charge on any atom is 0.338 e. The van der Waals surface area contributed by atoms with Crippen LogP contribution in [-0.4, -0.2) is 73.0 Å². The predicted octanol–water partition coefficient (Wildman–Crippen LogP) is 1.55. The van der Waals surface area contributed by atoms with E-state index in [0.29, 0.717) is 23.9 Å². The van der Waals surface area contributed by atoms with Gasteiger partial charge in [-0.2, -0.15) is 0 Å². The number of amides is 2. The minimum absolute atomic E-state index is 0.104. The van der Waals surface area contributed by atoms with Gasteiger partial charge in [-0.25, -0.2) is 9.59 Å². The molecule has 0 spiro atoms. The largest absolute Gasteiger partial charge is 0.483 e. The van der Waals surface area contributed by atoms with E-state index in [1.54, 1.807) is 31.2 Å². The number of fused-ring (bicyclic) bond motifs is 1. The van der Waals surface area contributed by atoms with E-state index in [-0.39, 0.29) is 24.6 Å². The van der Waals surface area contributed by atoms with Crippen LogP contribution < -0.4 is 10.6 Å². The first-order valence-corrected chi connectivity index (χ1v) is 9.25. The van der Waals surface area contributed by atoms with Crippen LogP contribution in [0.5, 0.6) is 0 Å². The molecular weight excluding hydrogens is 366 g/mol. The second-order valence-corrected chi connectivity index (χ2v) is 6.69. The van der Waals surface area contributed by atoms with Gasteiger partial charge in [0.05, 0.1) is 24.9 Å². The number of nitrogens with zero attached hydrogens (tertiary/aromatic N) is 1. The summed E-state index contributed by atoms with van der Waals surface area (Å²) in [4.78, 5) is 34.8. The molecule has 0 aromatic heterocycles.